The van der Waals surface area contributed by atoms with Gasteiger partial charge in [0.25, 0.3) is 0 Å². The molecule has 0 spiro atoms. The van der Waals surface area contributed by atoms with Crippen LogP contribution in [0.15, 0.2) is 73.7 Å². The van der Waals surface area contributed by atoms with E-state index >= 15 is 0 Å². The average Bonchev–Trinajstić information content (AvgIpc) is 3.51. The summed E-state index contributed by atoms with van der Waals surface area (Å²) in [5.74, 6) is -0.965. The smallest absolute Gasteiger partial charge is 0.407 e. The summed E-state index contributed by atoms with van der Waals surface area (Å²) >= 11 is 0. The molecular weight excluding hydrogens is 510 g/mol. The van der Waals surface area contributed by atoms with Crippen molar-refractivity contribution in [3.63, 3.8) is 0 Å². The minimum atomic E-state index is -0.786. The van der Waals surface area contributed by atoms with Crippen LogP contribution < -0.4 is 5.32 Å². The Kier molecular flexibility index (Phi) is 9.04. The third-order valence-corrected chi connectivity index (χ3v) is 6.44. The fourth-order valence-corrected chi connectivity index (χ4v) is 4.69. The number of rotatable bonds is 11. The molecular formula is C31H35N3O6. The fraction of sp³-hybridized carbons (Fsp3) is 0.355. The number of nitrogens with zero attached hydrogens (tertiary/aromatic N) is 2. The van der Waals surface area contributed by atoms with Crippen molar-refractivity contribution < 1.29 is 28.6 Å². The number of carbonyl (C=O) groups excluding carboxylic acids is 3. The number of benzene rings is 2. The summed E-state index contributed by atoms with van der Waals surface area (Å²) in [5.41, 5.74) is 4.41. The lowest BCUT2D eigenvalue weighted by Gasteiger charge is -2.24. The molecule has 1 amide bonds. The van der Waals surface area contributed by atoms with E-state index in [-0.39, 0.29) is 38.5 Å². The van der Waals surface area contributed by atoms with E-state index in [0.29, 0.717) is 5.69 Å². The molecule has 0 radical (unpaired) electrons. The minimum Gasteiger partial charge on any atom is -0.461 e. The molecule has 2 aromatic carbocycles. The third-order valence-electron chi connectivity index (χ3n) is 6.44. The molecule has 40 heavy (non-hydrogen) atoms. The van der Waals surface area contributed by atoms with Crippen LogP contribution in [0.2, 0.25) is 0 Å². The molecule has 0 saturated heterocycles. The highest BCUT2D eigenvalue weighted by atomic mass is 16.6. The number of hydrogen-bond acceptors (Lipinski definition) is 7. The van der Waals surface area contributed by atoms with Crippen LogP contribution in [0.25, 0.3) is 11.1 Å². The molecule has 1 unspecified atom stereocenters. The number of nitrogens with one attached hydrogen (secondary N) is 1. The fourth-order valence-electron chi connectivity index (χ4n) is 4.69. The molecule has 3 aromatic rings. The van der Waals surface area contributed by atoms with Gasteiger partial charge in [0.2, 0.25) is 0 Å². The number of carbonyl (C=O) groups is 3. The molecule has 1 heterocycles. The Morgan fingerprint density at radius 1 is 1.05 bits per heavy atom. The van der Waals surface area contributed by atoms with Crippen molar-refractivity contribution in [2.45, 2.75) is 57.7 Å². The first-order valence-electron chi connectivity index (χ1n) is 13.3. The quantitative estimate of drug-likeness (QED) is 0.197. The maximum Gasteiger partial charge on any atom is 0.407 e. The van der Waals surface area contributed by atoms with Crippen molar-refractivity contribution in [2.75, 3.05) is 13.2 Å². The van der Waals surface area contributed by atoms with Gasteiger partial charge in [-0.2, -0.15) is 0 Å². The summed E-state index contributed by atoms with van der Waals surface area (Å²) in [7, 11) is 0. The van der Waals surface area contributed by atoms with Crippen LogP contribution in [0, 0.1) is 0 Å². The number of amides is 1. The van der Waals surface area contributed by atoms with Gasteiger partial charge in [0, 0.05) is 18.5 Å². The number of alkyl carbamates (subject to hydrolysis) is 1. The van der Waals surface area contributed by atoms with Crippen molar-refractivity contribution in [3.8, 4) is 11.1 Å². The Balaban J connectivity index is 1.35. The zero-order valence-corrected chi connectivity index (χ0v) is 23.1. The first-order chi connectivity index (χ1) is 19.2. The molecule has 0 fully saturated rings. The lowest BCUT2D eigenvalue weighted by atomic mass is 9.98. The summed E-state index contributed by atoms with van der Waals surface area (Å²) in [6.45, 7) is 9.26. The van der Waals surface area contributed by atoms with Gasteiger partial charge in [-0.25, -0.2) is 14.6 Å². The first-order valence-corrected chi connectivity index (χ1v) is 13.3. The van der Waals surface area contributed by atoms with Gasteiger partial charge in [0.05, 0.1) is 18.6 Å². The Morgan fingerprint density at radius 2 is 1.70 bits per heavy atom. The summed E-state index contributed by atoms with van der Waals surface area (Å²) in [6.07, 6.45) is 4.23. The van der Waals surface area contributed by atoms with E-state index in [9.17, 15) is 14.4 Å². The van der Waals surface area contributed by atoms with Gasteiger partial charge in [0.1, 0.15) is 24.9 Å². The van der Waals surface area contributed by atoms with Gasteiger partial charge >= 0.3 is 18.0 Å². The van der Waals surface area contributed by atoms with Crippen molar-refractivity contribution in [1.29, 1.82) is 0 Å². The second-order valence-corrected chi connectivity index (χ2v) is 10.6. The topological polar surface area (TPSA) is 109 Å². The number of aromatic nitrogens is 2. The number of esters is 2. The van der Waals surface area contributed by atoms with Crippen LogP contribution in [-0.4, -0.2) is 46.4 Å². The van der Waals surface area contributed by atoms with Crippen LogP contribution in [-0.2, 0) is 30.3 Å². The number of fused-ring (bicyclic) bond motifs is 3. The molecule has 1 N–H and O–H groups in total. The second kappa shape index (κ2) is 12.6. The van der Waals surface area contributed by atoms with Crippen LogP contribution in [0.3, 0.4) is 0 Å². The van der Waals surface area contributed by atoms with E-state index < -0.39 is 29.7 Å². The first kappa shape index (κ1) is 28.6. The Bertz CT molecular complexity index is 1330. The van der Waals surface area contributed by atoms with E-state index in [2.05, 4.69) is 41.1 Å². The van der Waals surface area contributed by atoms with Gasteiger partial charge in [0.15, 0.2) is 0 Å². The molecule has 9 heteroatoms. The van der Waals surface area contributed by atoms with E-state index in [1.54, 1.807) is 31.5 Å². The van der Waals surface area contributed by atoms with E-state index in [1.807, 2.05) is 24.3 Å². The van der Waals surface area contributed by atoms with Gasteiger partial charge in [-0.15, -0.1) is 0 Å². The van der Waals surface area contributed by atoms with Crippen LogP contribution >= 0.6 is 0 Å². The Hall–Kier alpha value is -4.40. The summed E-state index contributed by atoms with van der Waals surface area (Å²) in [6, 6.07) is 15.5. The van der Waals surface area contributed by atoms with E-state index in [1.165, 1.54) is 12.4 Å². The van der Waals surface area contributed by atoms with Crippen molar-refractivity contribution in [2.24, 2.45) is 0 Å². The van der Waals surface area contributed by atoms with Crippen molar-refractivity contribution >= 4 is 18.0 Å². The highest BCUT2D eigenvalue weighted by Gasteiger charge is 2.30. The maximum absolute atomic E-state index is 12.9. The number of hydrogen-bond donors (Lipinski definition) is 1. The Morgan fingerprint density at radius 3 is 2.33 bits per heavy atom. The normalized spacial score (nSPS) is 13.1. The number of imidazole rings is 1. The molecule has 1 aliphatic carbocycles. The number of ether oxygens (including phenoxy) is 3. The zero-order chi connectivity index (χ0) is 28.7. The minimum absolute atomic E-state index is 0.0171. The summed E-state index contributed by atoms with van der Waals surface area (Å²) < 4.78 is 17.8. The molecule has 0 aliphatic heterocycles. The summed E-state index contributed by atoms with van der Waals surface area (Å²) in [5, 5.41) is 2.73. The lowest BCUT2D eigenvalue weighted by molar-refractivity contribution is -0.159. The highest BCUT2D eigenvalue weighted by Crippen LogP contribution is 2.44. The van der Waals surface area contributed by atoms with Gasteiger partial charge in [-0.05, 0) is 49.4 Å². The molecule has 1 aromatic heterocycles. The molecule has 0 bridgehead atoms. The monoisotopic (exact) mass is 545 g/mol. The predicted molar refractivity (Wildman–Crippen MR) is 149 cm³/mol. The molecule has 9 nitrogen and oxygen atoms in total. The van der Waals surface area contributed by atoms with Crippen LogP contribution in [0.5, 0.6) is 0 Å². The average molecular weight is 546 g/mol. The standard InChI is InChI=1S/C31H35N3O6/c1-5-16-38-28(35)15-14-27(29(36)40-31(2,3)4)34-18-21(33-20-34)17-32-30(37)39-19-26-24-12-8-6-10-22(24)23-11-7-9-13-25(23)26/h5-13,18,20,26-27H,1,14-17,19H2,2-4H3,(H,32,37). The van der Waals surface area contributed by atoms with Crippen molar-refractivity contribution in [3.05, 3.63) is 90.5 Å². The van der Waals surface area contributed by atoms with E-state index in [0.717, 1.165) is 22.3 Å². The van der Waals surface area contributed by atoms with Crippen LogP contribution in [0.4, 0.5) is 4.79 Å². The largest absolute Gasteiger partial charge is 0.461 e. The highest BCUT2D eigenvalue weighted by molar-refractivity contribution is 5.79. The van der Waals surface area contributed by atoms with Crippen molar-refractivity contribution in [1.82, 2.24) is 14.9 Å². The van der Waals surface area contributed by atoms with Gasteiger partial charge in [-0.3, -0.25) is 4.79 Å². The maximum atomic E-state index is 12.9. The molecule has 1 aliphatic rings. The zero-order valence-electron chi connectivity index (χ0n) is 23.1. The molecule has 210 valence electrons. The molecule has 4 rings (SSSR count). The predicted octanol–water partition coefficient (Wildman–Crippen LogP) is 5.31. The molecule has 0 saturated carbocycles. The van der Waals surface area contributed by atoms with Gasteiger partial charge in [-0.1, -0.05) is 61.2 Å². The van der Waals surface area contributed by atoms with E-state index in [4.69, 9.17) is 14.2 Å². The second-order valence-electron chi connectivity index (χ2n) is 10.6. The lowest BCUT2D eigenvalue weighted by Crippen LogP contribution is -2.30. The van der Waals surface area contributed by atoms with Gasteiger partial charge < -0.3 is 24.1 Å². The SMILES string of the molecule is C=CCOC(=O)CCC(C(=O)OC(C)(C)C)n1cnc(CNC(=O)OCC2c3ccccc3-c3ccccc32)c1. The molecule has 1 atom stereocenters. The van der Waals surface area contributed by atoms with Crippen LogP contribution in [0.1, 0.15) is 62.4 Å². The Labute approximate surface area is 234 Å². The third kappa shape index (κ3) is 7.16. The summed E-state index contributed by atoms with van der Waals surface area (Å²) in [4.78, 5) is 41.8.